The first-order valence-corrected chi connectivity index (χ1v) is 6.73. The number of phenolic OH excluding ortho intramolecular Hbond substituents is 1. The van der Waals surface area contributed by atoms with E-state index >= 15 is 0 Å². The third-order valence-electron chi connectivity index (χ3n) is 3.70. The van der Waals surface area contributed by atoms with Gasteiger partial charge in [0.1, 0.15) is 5.75 Å². The van der Waals surface area contributed by atoms with Gasteiger partial charge in [-0.15, -0.1) is 0 Å². The van der Waals surface area contributed by atoms with E-state index in [0.29, 0.717) is 6.54 Å². The van der Waals surface area contributed by atoms with Gasteiger partial charge >= 0.3 is 5.69 Å². The number of benzene rings is 2. The van der Waals surface area contributed by atoms with Crippen molar-refractivity contribution in [3.05, 3.63) is 58.5 Å². The lowest BCUT2D eigenvalue weighted by atomic mass is 10.2. The number of aromatic hydroxyl groups is 1. The first-order chi connectivity index (χ1) is 10.1. The van der Waals surface area contributed by atoms with Crippen LogP contribution in [-0.2, 0) is 20.6 Å². The Hall–Kier alpha value is -2.69. The fourth-order valence-corrected chi connectivity index (χ4v) is 2.45. The third kappa shape index (κ3) is 2.38. The van der Waals surface area contributed by atoms with Gasteiger partial charge in [0.05, 0.1) is 11.0 Å². The van der Waals surface area contributed by atoms with Crippen LogP contribution in [0.1, 0.15) is 5.56 Å². The molecule has 0 amide bonds. The molecule has 0 aliphatic carbocycles. The molecule has 0 aliphatic rings. The van der Waals surface area contributed by atoms with Gasteiger partial charge in [-0.05, 0) is 42.0 Å². The lowest BCUT2D eigenvalue weighted by molar-refractivity contribution is 0.475. The van der Waals surface area contributed by atoms with Crippen LogP contribution >= 0.6 is 0 Å². The zero-order chi connectivity index (χ0) is 15.0. The third-order valence-corrected chi connectivity index (χ3v) is 3.70. The summed E-state index contributed by atoms with van der Waals surface area (Å²) in [6, 6.07) is 12.9. The molecule has 0 spiro atoms. The Bertz CT molecular complexity index is 844. The van der Waals surface area contributed by atoms with Crippen molar-refractivity contribution in [2.75, 3.05) is 5.32 Å². The molecule has 2 N–H and O–H groups in total. The van der Waals surface area contributed by atoms with Gasteiger partial charge in [0.25, 0.3) is 0 Å². The van der Waals surface area contributed by atoms with E-state index < -0.39 is 0 Å². The SMILES string of the molecule is Cn1c(=O)n(C)c2cc(CNc3ccc(O)cc3)ccc21. The van der Waals surface area contributed by atoms with Gasteiger partial charge in [-0.1, -0.05) is 6.07 Å². The lowest BCUT2D eigenvalue weighted by Gasteiger charge is -2.07. The van der Waals surface area contributed by atoms with Crippen molar-refractivity contribution in [2.45, 2.75) is 6.54 Å². The predicted molar refractivity (Wildman–Crippen MR) is 83.6 cm³/mol. The van der Waals surface area contributed by atoms with Crippen LogP contribution in [0.3, 0.4) is 0 Å². The number of hydrogen-bond donors (Lipinski definition) is 2. The van der Waals surface area contributed by atoms with Crippen LogP contribution in [-0.4, -0.2) is 14.2 Å². The van der Waals surface area contributed by atoms with Gasteiger partial charge < -0.3 is 10.4 Å². The average molecular weight is 283 g/mol. The second-order valence-electron chi connectivity index (χ2n) is 5.12. The fourth-order valence-electron chi connectivity index (χ4n) is 2.45. The second kappa shape index (κ2) is 5.01. The van der Waals surface area contributed by atoms with Crippen LogP contribution in [0.15, 0.2) is 47.3 Å². The number of nitrogens with one attached hydrogen (secondary N) is 1. The number of hydrogen-bond acceptors (Lipinski definition) is 3. The van der Waals surface area contributed by atoms with Crippen molar-refractivity contribution in [3.8, 4) is 5.75 Å². The second-order valence-corrected chi connectivity index (χ2v) is 5.12. The highest BCUT2D eigenvalue weighted by Crippen LogP contribution is 2.17. The van der Waals surface area contributed by atoms with Gasteiger partial charge in [-0.3, -0.25) is 9.13 Å². The van der Waals surface area contributed by atoms with Crippen LogP contribution in [0.4, 0.5) is 5.69 Å². The number of imidazole rings is 1. The van der Waals surface area contributed by atoms with Crippen LogP contribution in [0.5, 0.6) is 5.75 Å². The molecule has 2 aromatic carbocycles. The van der Waals surface area contributed by atoms with E-state index in [1.54, 1.807) is 35.4 Å². The molecule has 0 unspecified atom stereocenters. The monoisotopic (exact) mass is 283 g/mol. The van der Waals surface area contributed by atoms with Gasteiger partial charge in [0.2, 0.25) is 0 Å². The van der Waals surface area contributed by atoms with E-state index in [1.807, 2.05) is 30.3 Å². The molecule has 0 saturated heterocycles. The normalized spacial score (nSPS) is 11.0. The molecule has 0 fully saturated rings. The maximum absolute atomic E-state index is 11.9. The molecule has 0 aliphatic heterocycles. The molecule has 0 atom stereocenters. The Balaban J connectivity index is 1.86. The molecule has 1 aromatic heterocycles. The zero-order valence-electron chi connectivity index (χ0n) is 12.0. The van der Waals surface area contributed by atoms with E-state index in [0.717, 1.165) is 22.3 Å². The molecule has 0 radical (unpaired) electrons. The standard InChI is InChI=1S/C16H17N3O2/c1-18-14-8-3-11(9-15(14)19(2)16(18)21)10-17-12-4-6-13(20)7-5-12/h3-9,17,20H,10H2,1-2H3. The van der Waals surface area contributed by atoms with Gasteiger partial charge in [-0.25, -0.2) is 4.79 Å². The molecule has 3 aromatic rings. The highest BCUT2D eigenvalue weighted by molar-refractivity contribution is 5.76. The van der Waals surface area contributed by atoms with Crippen molar-refractivity contribution in [3.63, 3.8) is 0 Å². The van der Waals surface area contributed by atoms with E-state index in [2.05, 4.69) is 5.32 Å². The summed E-state index contributed by atoms with van der Waals surface area (Å²) in [5, 5.41) is 12.5. The first-order valence-electron chi connectivity index (χ1n) is 6.73. The Morgan fingerprint density at radius 3 is 2.38 bits per heavy atom. The maximum atomic E-state index is 11.9. The Kier molecular flexibility index (Phi) is 3.17. The Morgan fingerprint density at radius 2 is 1.67 bits per heavy atom. The molecule has 1 heterocycles. The van der Waals surface area contributed by atoms with E-state index in [1.165, 1.54) is 0 Å². The topological polar surface area (TPSA) is 59.2 Å². The highest BCUT2D eigenvalue weighted by Gasteiger charge is 2.07. The number of nitrogens with zero attached hydrogens (tertiary/aromatic N) is 2. The molecule has 21 heavy (non-hydrogen) atoms. The summed E-state index contributed by atoms with van der Waals surface area (Å²) in [5.41, 5.74) is 3.86. The van der Waals surface area contributed by atoms with Crippen molar-refractivity contribution < 1.29 is 5.11 Å². The summed E-state index contributed by atoms with van der Waals surface area (Å²) in [6.07, 6.45) is 0. The van der Waals surface area contributed by atoms with Gasteiger partial charge in [0, 0.05) is 26.3 Å². The zero-order valence-corrected chi connectivity index (χ0v) is 12.0. The van der Waals surface area contributed by atoms with Crippen molar-refractivity contribution in [2.24, 2.45) is 14.1 Å². The average Bonchev–Trinajstić information content (AvgIpc) is 2.71. The predicted octanol–water partition coefficient (Wildman–Crippen LogP) is 2.19. The summed E-state index contributed by atoms with van der Waals surface area (Å²) in [7, 11) is 3.56. The molecular weight excluding hydrogens is 266 g/mol. The summed E-state index contributed by atoms with van der Waals surface area (Å²) in [6.45, 7) is 0.657. The minimum atomic E-state index is -0.0198. The van der Waals surface area contributed by atoms with Gasteiger partial charge in [-0.2, -0.15) is 0 Å². The molecule has 5 nitrogen and oxygen atoms in total. The van der Waals surface area contributed by atoms with E-state index in [-0.39, 0.29) is 11.4 Å². The smallest absolute Gasteiger partial charge is 0.328 e. The largest absolute Gasteiger partial charge is 0.508 e. The van der Waals surface area contributed by atoms with Gasteiger partial charge in [0.15, 0.2) is 0 Å². The molecule has 108 valence electrons. The fraction of sp³-hybridized carbons (Fsp3) is 0.188. The first kappa shape index (κ1) is 13.3. The number of fused-ring (bicyclic) bond motifs is 1. The highest BCUT2D eigenvalue weighted by atomic mass is 16.3. The molecular formula is C16H17N3O2. The molecule has 3 rings (SSSR count). The number of rotatable bonds is 3. The van der Waals surface area contributed by atoms with Crippen molar-refractivity contribution >= 4 is 16.7 Å². The summed E-state index contributed by atoms with van der Waals surface area (Å²) in [4.78, 5) is 11.9. The van der Waals surface area contributed by atoms with Crippen LogP contribution in [0, 0.1) is 0 Å². The molecule has 5 heteroatoms. The van der Waals surface area contributed by atoms with E-state index in [9.17, 15) is 9.90 Å². The quantitative estimate of drug-likeness (QED) is 0.724. The number of anilines is 1. The molecule has 0 bridgehead atoms. The number of phenols is 1. The summed E-state index contributed by atoms with van der Waals surface area (Å²) >= 11 is 0. The lowest BCUT2D eigenvalue weighted by Crippen LogP contribution is -2.19. The van der Waals surface area contributed by atoms with Crippen molar-refractivity contribution in [1.29, 1.82) is 0 Å². The van der Waals surface area contributed by atoms with Crippen LogP contribution in [0.25, 0.3) is 11.0 Å². The summed E-state index contributed by atoms with van der Waals surface area (Å²) in [5.74, 6) is 0.251. The maximum Gasteiger partial charge on any atom is 0.328 e. The number of aromatic nitrogens is 2. The van der Waals surface area contributed by atoms with E-state index in [4.69, 9.17) is 0 Å². The molecule has 0 saturated carbocycles. The summed E-state index contributed by atoms with van der Waals surface area (Å²) < 4.78 is 3.30. The van der Waals surface area contributed by atoms with Crippen LogP contribution < -0.4 is 11.0 Å². The Morgan fingerprint density at radius 1 is 1.00 bits per heavy atom. The minimum Gasteiger partial charge on any atom is -0.508 e. The minimum absolute atomic E-state index is 0.0198. The van der Waals surface area contributed by atoms with Crippen molar-refractivity contribution in [1.82, 2.24) is 9.13 Å². The number of aryl methyl sites for hydroxylation is 2. The van der Waals surface area contributed by atoms with Crippen LogP contribution in [0.2, 0.25) is 0 Å². The Labute approximate surface area is 122 Å².